The Morgan fingerprint density at radius 3 is 2.29 bits per heavy atom. The zero-order valence-electron chi connectivity index (χ0n) is 10.9. The van der Waals surface area contributed by atoms with Crippen molar-refractivity contribution in [2.24, 2.45) is 0 Å². The van der Waals surface area contributed by atoms with Gasteiger partial charge in [0.1, 0.15) is 11.5 Å². The molecule has 0 bridgehead atoms. The molecule has 0 aliphatic carbocycles. The molecule has 6 nitrogen and oxygen atoms in total. The van der Waals surface area contributed by atoms with Crippen LogP contribution in [0.15, 0.2) is 42.5 Å². The number of benzene rings is 2. The van der Waals surface area contributed by atoms with Crippen molar-refractivity contribution in [3.05, 3.63) is 53.6 Å². The number of hydrogen-bond acceptors (Lipinski definition) is 4. The van der Waals surface area contributed by atoms with Crippen LogP contribution < -0.4 is 5.32 Å². The first kappa shape index (κ1) is 14.4. The van der Waals surface area contributed by atoms with E-state index in [1.807, 2.05) is 0 Å². The summed E-state index contributed by atoms with van der Waals surface area (Å²) in [5, 5.41) is 30.1. The largest absolute Gasteiger partial charge is 0.508 e. The molecule has 0 saturated carbocycles. The Morgan fingerprint density at radius 1 is 1.00 bits per heavy atom. The molecule has 21 heavy (non-hydrogen) atoms. The Balaban J connectivity index is 2.12. The van der Waals surface area contributed by atoms with E-state index in [0.717, 1.165) is 6.07 Å². The van der Waals surface area contributed by atoms with Crippen molar-refractivity contribution in [3.8, 4) is 11.5 Å². The molecule has 0 fully saturated rings. The van der Waals surface area contributed by atoms with Crippen LogP contribution in [-0.4, -0.2) is 27.2 Å². The van der Waals surface area contributed by atoms with Gasteiger partial charge in [-0.1, -0.05) is 12.1 Å². The Kier molecular flexibility index (Phi) is 4.08. The lowest BCUT2D eigenvalue weighted by Crippen LogP contribution is -2.12. The second-order valence-electron chi connectivity index (χ2n) is 4.42. The van der Waals surface area contributed by atoms with E-state index >= 15 is 0 Å². The molecule has 2 aromatic carbocycles. The highest BCUT2D eigenvalue weighted by Crippen LogP contribution is 2.23. The monoisotopic (exact) mass is 287 g/mol. The minimum atomic E-state index is -0.934. The third-order valence-corrected chi connectivity index (χ3v) is 2.79. The minimum absolute atomic E-state index is 0.0513. The fraction of sp³-hybridized carbons (Fsp3) is 0.0667. The lowest BCUT2D eigenvalue weighted by molar-refractivity contribution is -0.136. The average molecular weight is 287 g/mol. The van der Waals surface area contributed by atoms with Crippen LogP contribution >= 0.6 is 0 Å². The number of carboxylic acid groups (broad SMARTS) is 1. The lowest BCUT2D eigenvalue weighted by atomic mass is 10.1. The van der Waals surface area contributed by atoms with Crippen LogP contribution in [0.5, 0.6) is 11.5 Å². The van der Waals surface area contributed by atoms with Gasteiger partial charge in [-0.3, -0.25) is 9.59 Å². The van der Waals surface area contributed by atoms with Gasteiger partial charge in [-0.15, -0.1) is 0 Å². The first-order valence-corrected chi connectivity index (χ1v) is 6.10. The van der Waals surface area contributed by atoms with Gasteiger partial charge >= 0.3 is 5.97 Å². The first-order chi connectivity index (χ1) is 9.95. The zero-order chi connectivity index (χ0) is 15.4. The summed E-state index contributed by atoms with van der Waals surface area (Å²) in [5.41, 5.74) is 1.02. The normalized spacial score (nSPS) is 10.1. The molecule has 0 spiro atoms. The van der Waals surface area contributed by atoms with Crippen molar-refractivity contribution < 1.29 is 24.9 Å². The molecule has 1 amide bonds. The standard InChI is InChI=1S/C15H13NO5/c17-11-5-6-13(18)12(8-11)15(21)16-10-3-1-9(2-4-10)7-14(19)20/h1-6,8,17-18H,7H2,(H,16,21)(H,19,20). The van der Waals surface area contributed by atoms with Gasteiger partial charge in [-0.2, -0.15) is 0 Å². The highest BCUT2D eigenvalue weighted by Gasteiger charge is 2.12. The van der Waals surface area contributed by atoms with E-state index in [9.17, 15) is 19.8 Å². The van der Waals surface area contributed by atoms with Crippen LogP contribution in [0.3, 0.4) is 0 Å². The maximum Gasteiger partial charge on any atom is 0.307 e. The number of hydrogen-bond donors (Lipinski definition) is 4. The van der Waals surface area contributed by atoms with Gasteiger partial charge in [-0.05, 0) is 35.9 Å². The first-order valence-electron chi connectivity index (χ1n) is 6.10. The second kappa shape index (κ2) is 5.96. The summed E-state index contributed by atoms with van der Waals surface area (Å²) in [6.45, 7) is 0. The highest BCUT2D eigenvalue weighted by atomic mass is 16.4. The van der Waals surface area contributed by atoms with E-state index in [0.29, 0.717) is 11.3 Å². The van der Waals surface area contributed by atoms with E-state index in [1.54, 1.807) is 24.3 Å². The van der Waals surface area contributed by atoms with Gasteiger partial charge in [0.2, 0.25) is 0 Å². The molecule has 0 radical (unpaired) electrons. The summed E-state index contributed by atoms with van der Waals surface area (Å²) in [6.07, 6.45) is -0.0957. The summed E-state index contributed by atoms with van der Waals surface area (Å²) in [6, 6.07) is 9.96. The predicted molar refractivity (Wildman–Crippen MR) is 75.5 cm³/mol. The number of carbonyl (C=O) groups excluding carboxylic acids is 1. The van der Waals surface area contributed by atoms with Gasteiger partial charge in [0.15, 0.2) is 0 Å². The maximum absolute atomic E-state index is 12.0. The Hall–Kier alpha value is -3.02. The maximum atomic E-state index is 12.0. The number of carbonyl (C=O) groups is 2. The van der Waals surface area contributed by atoms with Crippen molar-refractivity contribution in [3.63, 3.8) is 0 Å². The summed E-state index contributed by atoms with van der Waals surface area (Å²) in [5.74, 6) is -1.88. The highest BCUT2D eigenvalue weighted by molar-refractivity contribution is 6.06. The number of amides is 1. The van der Waals surface area contributed by atoms with E-state index in [-0.39, 0.29) is 23.5 Å². The van der Waals surface area contributed by atoms with Crippen LogP contribution in [-0.2, 0) is 11.2 Å². The lowest BCUT2D eigenvalue weighted by Gasteiger charge is -2.08. The molecule has 2 rings (SSSR count). The zero-order valence-corrected chi connectivity index (χ0v) is 10.9. The SMILES string of the molecule is O=C(O)Cc1ccc(NC(=O)c2cc(O)ccc2O)cc1. The fourth-order valence-electron chi connectivity index (χ4n) is 1.78. The topological polar surface area (TPSA) is 107 Å². The summed E-state index contributed by atoms with van der Waals surface area (Å²) < 4.78 is 0. The number of nitrogens with one attached hydrogen (secondary N) is 1. The number of carboxylic acids is 1. The smallest absolute Gasteiger partial charge is 0.307 e. The van der Waals surface area contributed by atoms with Crippen LogP contribution in [0.25, 0.3) is 0 Å². The van der Waals surface area contributed by atoms with Crippen molar-refractivity contribution in [2.45, 2.75) is 6.42 Å². The van der Waals surface area contributed by atoms with Crippen LogP contribution in [0.1, 0.15) is 15.9 Å². The van der Waals surface area contributed by atoms with Gasteiger partial charge < -0.3 is 20.6 Å². The molecule has 0 aromatic heterocycles. The van der Waals surface area contributed by atoms with E-state index in [1.165, 1.54) is 12.1 Å². The molecule has 0 atom stereocenters. The average Bonchev–Trinajstić information content (AvgIpc) is 2.43. The fourth-order valence-corrected chi connectivity index (χ4v) is 1.78. The van der Waals surface area contributed by atoms with Gasteiger partial charge in [0, 0.05) is 5.69 Å². The molecule has 2 aromatic rings. The molecule has 0 heterocycles. The number of anilines is 1. The molecule has 0 aliphatic heterocycles. The third kappa shape index (κ3) is 3.73. The number of phenolic OH excluding ortho intramolecular Hbond substituents is 2. The van der Waals surface area contributed by atoms with Gasteiger partial charge in [-0.25, -0.2) is 0 Å². The number of aromatic hydroxyl groups is 2. The van der Waals surface area contributed by atoms with Gasteiger partial charge in [0.25, 0.3) is 5.91 Å². The minimum Gasteiger partial charge on any atom is -0.508 e. The van der Waals surface area contributed by atoms with Crippen molar-refractivity contribution >= 4 is 17.6 Å². The van der Waals surface area contributed by atoms with Crippen LogP contribution in [0.4, 0.5) is 5.69 Å². The summed E-state index contributed by atoms with van der Waals surface area (Å²) >= 11 is 0. The Bertz CT molecular complexity index is 679. The molecule has 108 valence electrons. The molecule has 0 saturated heterocycles. The van der Waals surface area contributed by atoms with E-state index < -0.39 is 11.9 Å². The van der Waals surface area contributed by atoms with Gasteiger partial charge in [0.05, 0.1) is 12.0 Å². The molecule has 0 unspecified atom stereocenters. The number of aliphatic carboxylic acids is 1. The van der Waals surface area contributed by atoms with Crippen molar-refractivity contribution in [1.82, 2.24) is 0 Å². The van der Waals surface area contributed by atoms with Crippen LogP contribution in [0.2, 0.25) is 0 Å². The molecular formula is C15H13NO5. The quantitative estimate of drug-likeness (QED) is 0.643. The molecule has 0 aliphatic rings. The summed E-state index contributed by atoms with van der Waals surface area (Å²) in [7, 11) is 0. The second-order valence-corrected chi connectivity index (χ2v) is 4.42. The van der Waals surface area contributed by atoms with E-state index in [4.69, 9.17) is 5.11 Å². The van der Waals surface area contributed by atoms with E-state index in [2.05, 4.69) is 5.32 Å². The summed E-state index contributed by atoms with van der Waals surface area (Å²) in [4.78, 5) is 22.5. The number of phenols is 2. The van der Waals surface area contributed by atoms with Crippen molar-refractivity contribution in [2.75, 3.05) is 5.32 Å². The van der Waals surface area contributed by atoms with Crippen LogP contribution in [0, 0.1) is 0 Å². The molecular weight excluding hydrogens is 274 g/mol. The molecule has 4 N–H and O–H groups in total. The Morgan fingerprint density at radius 2 is 1.67 bits per heavy atom. The predicted octanol–water partition coefficient (Wildman–Crippen LogP) is 1.98. The third-order valence-electron chi connectivity index (χ3n) is 2.79. The number of rotatable bonds is 4. The van der Waals surface area contributed by atoms with Crippen molar-refractivity contribution in [1.29, 1.82) is 0 Å². The Labute approximate surface area is 120 Å². The molecule has 6 heteroatoms.